The average molecular weight is 453 g/mol. The van der Waals surface area contributed by atoms with Gasteiger partial charge in [0.15, 0.2) is 0 Å². The number of fused-ring (bicyclic) bond motifs is 4. The largest absolute Gasteiger partial charge is 0.309 e. The molecule has 0 aliphatic heterocycles. The molecule has 2 aromatic heterocycles. The first kappa shape index (κ1) is 20.8. The second kappa shape index (κ2) is 8.20. The van der Waals surface area contributed by atoms with Crippen LogP contribution in [0.15, 0.2) is 104 Å². The van der Waals surface area contributed by atoms with Gasteiger partial charge in [-0.3, -0.25) is 0 Å². The van der Waals surface area contributed by atoms with E-state index < -0.39 is 0 Å². The molecule has 0 radical (unpaired) electrons. The smallest absolute Gasteiger partial charge is 0.140 e. The Morgan fingerprint density at radius 3 is 2.44 bits per heavy atom. The molecule has 4 aromatic carbocycles. The second-order valence-electron chi connectivity index (χ2n) is 8.82. The van der Waals surface area contributed by atoms with Gasteiger partial charge in [0, 0.05) is 26.0 Å². The number of hydrogen-bond acceptors (Lipinski definition) is 1. The Morgan fingerprint density at radius 2 is 1.62 bits per heavy atom. The summed E-state index contributed by atoms with van der Waals surface area (Å²) < 4.78 is 3.69. The van der Waals surface area contributed by atoms with Gasteiger partial charge in [0.1, 0.15) is 7.85 Å². The SMILES string of the molecule is Bc1cccc2sc(/C=C\C(=C)c3ccc4c(c3)c3ccccc3n4-c3ccccc3)c(C)c12. The maximum Gasteiger partial charge on any atom is 0.140 e. The molecule has 34 heavy (non-hydrogen) atoms. The third-order valence-electron chi connectivity index (χ3n) is 6.69. The van der Waals surface area contributed by atoms with E-state index in [-0.39, 0.29) is 0 Å². The summed E-state index contributed by atoms with van der Waals surface area (Å²) in [6, 6.07) is 32.4. The number of para-hydroxylation sites is 2. The normalized spacial score (nSPS) is 11.8. The summed E-state index contributed by atoms with van der Waals surface area (Å²) in [5, 5.41) is 3.89. The van der Waals surface area contributed by atoms with Crippen LogP contribution in [0.1, 0.15) is 16.0 Å². The van der Waals surface area contributed by atoms with Crippen LogP contribution in [0.2, 0.25) is 0 Å². The Kier molecular flexibility index (Phi) is 5.01. The third-order valence-corrected chi connectivity index (χ3v) is 7.92. The van der Waals surface area contributed by atoms with Crippen molar-refractivity contribution in [3.8, 4) is 5.69 Å². The van der Waals surface area contributed by atoms with E-state index >= 15 is 0 Å². The van der Waals surface area contributed by atoms with Gasteiger partial charge in [-0.25, -0.2) is 0 Å². The molecule has 0 saturated heterocycles. The van der Waals surface area contributed by atoms with Gasteiger partial charge in [-0.15, -0.1) is 11.3 Å². The van der Waals surface area contributed by atoms with Crippen LogP contribution in [-0.2, 0) is 0 Å². The molecule has 0 aliphatic rings. The van der Waals surface area contributed by atoms with Crippen LogP contribution in [0.3, 0.4) is 0 Å². The van der Waals surface area contributed by atoms with Crippen LogP contribution >= 0.6 is 11.3 Å². The third kappa shape index (κ3) is 3.32. The topological polar surface area (TPSA) is 4.93 Å². The van der Waals surface area contributed by atoms with E-state index in [1.807, 2.05) is 11.3 Å². The fourth-order valence-electron chi connectivity index (χ4n) is 4.98. The number of aromatic nitrogens is 1. The molecular weight excluding hydrogens is 429 g/mol. The summed E-state index contributed by atoms with van der Waals surface area (Å²) in [6.45, 7) is 6.63. The van der Waals surface area contributed by atoms with Crippen molar-refractivity contribution in [3.05, 3.63) is 120 Å². The lowest BCUT2D eigenvalue weighted by atomic mass is 9.90. The van der Waals surface area contributed by atoms with Crippen molar-refractivity contribution in [1.82, 2.24) is 4.57 Å². The van der Waals surface area contributed by atoms with Gasteiger partial charge < -0.3 is 4.57 Å². The second-order valence-corrected chi connectivity index (χ2v) is 9.90. The maximum absolute atomic E-state index is 4.40. The van der Waals surface area contributed by atoms with Crippen LogP contribution in [0, 0.1) is 6.92 Å². The highest BCUT2D eigenvalue weighted by Crippen LogP contribution is 2.35. The van der Waals surface area contributed by atoms with E-state index in [2.05, 4.69) is 129 Å². The molecule has 2 heterocycles. The van der Waals surface area contributed by atoms with Crippen LogP contribution in [0.25, 0.3) is 49.2 Å². The molecule has 3 heteroatoms. The van der Waals surface area contributed by atoms with Crippen molar-refractivity contribution in [2.24, 2.45) is 0 Å². The molecule has 0 spiro atoms. The number of rotatable bonds is 4. The molecule has 6 rings (SSSR count). The highest BCUT2D eigenvalue weighted by molar-refractivity contribution is 7.20. The molecule has 1 nitrogen and oxygen atoms in total. The van der Waals surface area contributed by atoms with E-state index in [0.29, 0.717) is 0 Å². The van der Waals surface area contributed by atoms with Crippen LogP contribution in [0.4, 0.5) is 0 Å². The molecule has 0 fully saturated rings. The van der Waals surface area contributed by atoms with Crippen molar-refractivity contribution >= 4 is 68.2 Å². The minimum absolute atomic E-state index is 1.02. The summed E-state index contributed by atoms with van der Waals surface area (Å²) in [4.78, 5) is 1.30. The Balaban J connectivity index is 1.43. The minimum Gasteiger partial charge on any atom is -0.309 e. The number of thiophene rings is 1. The van der Waals surface area contributed by atoms with Gasteiger partial charge >= 0.3 is 0 Å². The van der Waals surface area contributed by atoms with Crippen LogP contribution in [0.5, 0.6) is 0 Å². The number of nitrogens with zero attached hydrogens (tertiary/aromatic N) is 1. The molecule has 0 unspecified atom stereocenters. The summed E-state index contributed by atoms with van der Waals surface area (Å²) in [7, 11) is 2.19. The number of benzene rings is 4. The lowest BCUT2D eigenvalue weighted by molar-refractivity contribution is 1.18. The van der Waals surface area contributed by atoms with Crippen molar-refractivity contribution in [1.29, 1.82) is 0 Å². The molecular formula is C31H24BNS. The molecule has 162 valence electrons. The van der Waals surface area contributed by atoms with Gasteiger partial charge in [0.2, 0.25) is 0 Å². The molecule has 6 aromatic rings. The van der Waals surface area contributed by atoms with Crippen molar-refractivity contribution in [2.75, 3.05) is 0 Å². The van der Waals surface area contributed by atoms with Gasteiger partial charge in [-0.1, -0.05) is 72.7 Å². The van der Waals surface area contributed by atoms with Gasteiger partial charge in [0.05, 0.1) is 11.0 Å². The predicted molar refractivity (Wildman–Crippen MR) is 154 cm³/mol. The molecule has 0 amide bonds. The first-order valence-corrected chi connectivity index (χ1v) is 12.4. The van der Waals surface area contributed by atoms with Crippen molar-refractivity contribution in [3.63, 3.8) is 0 Å². The zero-order valence-electron chi connectivity index (χ0n) is 19.4. The zero-order chi connectivity index (χ0) is 23.2. The number of allylic oxidation sites excluding steroid dienone is 2. The van der Waals surface area contributed by atoms with Crippen molar-refractivity contribution in [2.45, 2.75) is 6.92 Å². The summed E-state index contributed by atoms with van der Waals surface area (Å²) >= 11 is 1.85. The summed E-state index contributed by atoms with van der Waals surface area (Å²) in [6.07, 6.45) is 4.38. The molecule has 0 atom stereocenters. The van der Waals surface area contributed by atoms with Gasteiger partial charge in [-0.2, -0.15) is 0 Å². The molecule has 0 saturated carbocycles. The van der Waals surface area contributed by atoms with E-state index in [1.54, 1.807) is 0 Å². The number of aryl methyl sites for hydroxylation is 1. The first-order valence-electron chi connectivity index (χ1n) is 11.6. The minimum atomic E-state index is 1.02. The monoisotopic (exact) mass is 453 g/mol. The molecule has 0 bridgehead atoms. The van der Waals surface area contributed by atoms with E-state index in [1.165, 1.54) is 53.5 Å². The summed E-state index contributed by atoms with van der Waals surface area (Å²) in [5.74, 6) is 0. The van der Waals surface area contributed by atoms with Crippen LogP contribution in [-0.4, -0.2) is 12.4 Å². The van der Waals surface area contributed by atoms with Gasteiger partial charge in [0.25, 0.3) is 0 Å². The lowest BCUT2D eigenvalue weighted by Gasteiger charge is -2.08. The van der Waals surface area contributed by atoms with E-state index in [0.717, 1.165) is 11.1 Å². The Labute approximate surface area is 204 Å². The predicted octanol–water partition coefficient (Wildman–Crippen LogP) is 7.29. The quantitative estimate of drug-likeness (QED) is 0.195. The standard InChI is InChI=1S/C31H24BNS/c1-20(15-18-29-21(2)31-26(32)12-8-14-30(31)34-29)22-16-17-28-25(19-22)24-11-6-7-13-27(24)33(28)23-9-4-3-5-10-23/h3-19H,1,32H2,2H3/b18-15-. The maximum atomic E-state index is 4.40. The lowest BCUT2D eigenvalue weighted by Crippen LogP contribution is -2.02. The Bertz CT molecular complexity index is 1730. The highest BCUT2D eigenvalue weighted by atomic mass is 32.1. The fraction of sp³-hybridized carbons (Fsp3) is 0.0323. The average Bonchev–Trinajstić information content (AvgIpc) is 3.38. The fourth-order valence-corrected chi connectivity index (χ4v) is 6.17. The van der Waals surface area contributed by atoms with E-state index in [9.17, 15) is 0 Å². The van der Waals surface area contributed by atoms with E-state index in [4.69, 9.17) is 0 Å². The van der Waals surface area contributed by atoms with Crippen LogP contribution < -0.4 is 5.46 Å². The zero-order valence-corrected chi connectivity index (χ0v) is 20.2. The molecule has 0 N–H and O–H groups in total. The van der Waals surface area contributed by atoms with Gasteiger partial charge in [-0.05, 0) is 71.5 Å². The molecule has 0 aliphatic carbocycles. The summed E-state index contributed by atoms with van der Waals surface area (Å²) in [5.41, 5.74) is 8.47. The first-order chi connectivity index (χ1) is 16.6. The highest BCUT2D eigenvalue weighted by Gasteiger charge is 2.13. The Morgan fingerprint density at radius 1 is 0.853 bits per heavy atom. The van der Waals surface area contributed by atoms with Crippen molar-refractivity contribution < 1.29 is 0 Å². The number of hydrogen-bond donors (Lipinski definition) is 0. The Hall–Kier alpha value is -3.82.